The standard InChI is InChI=1S/C12H13IN2O4/c1-12(2,3)19-11(17)15-8-6(13)4-5-7-9(8)18-10(16)14-7/h4-5H,1-3H3,(H,14,16)(H,15,17). The second-order valence-corrected chi connectivity index (χ2v) is 6.10. The van der Waals surface area contributed by atoms with E-state index < -0.39 is 17.5 Å². The number of hydrogen-bond acceptors (Lipinski definition) is 4. The molecule has 1 aromatic carbocycles. The fraction of sp³-hybridized carbons (Fsp3) is 0.333. The van der Waals surface area contributed by atoms with Crippen LogP contribution in [0.3, 0.4) is 0 Å². The van der Waals surface area contributed by atoms with Crippen molar-refractivity contribution < 1.29 is 13.9 Å². The van der Waals surface area contributed by atoms with Crippen molar-refractivity contribution in [3.8, 4) is 0 Å². The number of ether oxygens (including phenoxy) is 1. The summed E-state index contributed by atoms with van der Waals surface area (Å²) >= 11 is 2.04. The Morgan fingerprint density at radius 3 is 2.74 bits per heavy atom. The zero-order valence-electron chi connectivity index (χ0n) is 10.7. The van der Waals surface area contributed by atoms with Crippen molar-refractivity contribution in [2.75, 3.05) is 5.32 Å². The van der Waals surface area contributed by atoms with Crippen molar-refractivity contribution in [1.29, 1.82) is 0 Å². The number of rotatable bonds is 1. The molecule has 19 heavy (non-hydrogen) atoms. The van der Waals surface area contributed by atoms with Crippen LogP contribution < -0.4 is 11.1 Å². The Morgan fingerprint density at radius 1 is 1.42 bits per heavy atom. The van der Waals surface area contributed by atoms with Crippen LogP contribution in [0.1, 0.15) is 20.8 Å². The largest absolute Gasteiger partial charge is 0.444 e. The van der Waals surface area contributed by atoms with E-state index in [-0.39, 0.29) is 0 Å². The van der Waals surface area contributed by atoms with Gasteiger partial charge in [-0.25, -0.2) is 9.59 Å². The molecule has 102 valence electrons. The second-order valence-electron chi connectivity index (χ2n) is 4.94. The number of benzene rings is 1. The van der Waals surface area contributed by atoms with E-state index in [1.54, 1.807) is 32.9 Å². The van der Waals surface area contributed by atoms with Gasteiger partial charge in [0, 0.05) is 3.57 Å². The number of anilines is 1. The first-order valence-electron chi connectivity index (χ1n) is 5.57. The van der Waals surface area contributed by atoms with Crippen molar-refractivity contribution in [2.45, 2.75) is 26.4 Å². The molecule has 2 rings (SSSR count). The van der Waals surface area contributed by atoms with E-state index in [1.807, 2.05) is 22.6 Å². The maximum Gasteiger partial charge on any atom is 0.417 e. The van der Waals surface area contributed by atoms with Gasteiger partial charge in [0.25, 0.3) is 0 Å². The maximum atomic E-state index is 11.8. The van der Waals surface area contributed by atoms with Crippen LogP contribution in [0.4, 0.5) is 10.5 Å². The minimum atomic E-state index is -0.596. The molecule has 1 heterocycles. The number of halogens is 1. The van der Waals surface area contributed by atoms with Crippen LogP contribution >= 0.6 is 22.6 Å². The van der Waals surface area contributed by atoms with Gasteiger partial charge in [-0.2, -0.15) is 0 Å². The Morgan fingerprint density at radius 2 is 2.11 bits per heavy atom. The average molecular weight is 376 g/mol. The summed E-state index contributed by atoms with van der Waals surface area (Å²) in [5.74, 6) is -0.566. The van der Waals surface area contributed by atoms with Gasteiger partial charge in [0.05, 0.1) is 5.52 Å². The number of carbonyl (C=O) groups excluding carboxylic acids is 1. The van der Waals surface area contributed by atoms with Gasteiger partial charge in [0.2, 0.25) is 0 Å². The molecule has 6 nitrogen and oxygen atoms in total. The molecule has 0 aliphatic carbocycles. The first kappa shape index (κ1) is 13.9. The maximum absolute atomic E-state index is 11.8. The van der Waals surface area contributed by atoms with E-state index in [2.05, 4.69) is 10.3 Å². The number of amides is 1. The third kappa shape index (κ3) is 3.28. The summed E-state index contributed by atoms with van der Waals surface area (Å²) in [5.41, 5.74) is 0.660. The molecule has 0 radical (unpaired) electrons. The topological polar surface area (TPSA) is 84.3 Å². The summed E-state index contributed by atoms with van der Waals surface area (Å²) in [6, 6.07) is 3.48. The van der Waals surface area contributed by atoms with Gasteiger partial charge < -0.3 is 9.15 Å². The lowest BCUT2D eigenvalue weighted by molar-refractivity contribution is 0.0636. The number of fused-ring (bicyclic) bond motifs is 1. The molecular formula is C12H13IN2O4. The highest BCUT2D eigenvalue weighted by Crippen LogP contribution is 2.27. The van der Waals surface area contributed by atoms with Crippen molar-refractivity contribution in [3.63, 3.8) is 0 Å². The number of hydrogen-bond donors (Lipinski definition) is 2. The molecule has 0 fully saturated rings. The van der Waals surface area contributed by atoms with E-state index in [1.165, 1.54) is 0 Å². The fourth-order valence-corrected chi connectivity index (χ4v) is 2.07. The van der Waals surface area contributed by atoms with Crippen LogP contribution in [0.15, 0.2) is 21.3 Å². The van der Waals surface area contributed by atoms with Crippen LogP contribution in [0.5, 0.6) is 0 Å². The lowest BCUT2D eigenvalue weighted by Crippen LogP contribution is -2.27. The highest BCUT2D eigenvalue weighted by Gasteiger charge is 2.19. The van der Waals surface area contributed by atoms with E-state index in [0.29, 0.717) is 16.8 Å². The Hall–Kier alpha value is -1.51. The third-order valence-corrected chi connectivity index (χ3v) is 3.06. The first-order valence-corrected chi connectivity index (χ1v) is 6.65. The molecule has 2 N–H and O–H groups in total. The van der Waals surface area contributed by atoms with Crippen molar-refractivity contribution >= 4 is 45.5 Å². The minimum absolute atomic E-state index is 0.308. The number of oxazole rings is 1. The molecule has 0 unspecified atom stereocenters. The number of nitrogens with one attached hydrogen (secondary N) is 2. The Labute approximate surface area is 122 Å². The Balaban J connectivity index is 2.37. The smallest absolute Gasteiger partial charge is 0.417 e. The number of aromatic amines is 1. The highest BCUT2D eigenvalue weighted by atomic mass is 127. The van der Waals surface area contributed by atoms with E-state index >= 15 is 0 Å². The Kier molecular flexibility index (Phi) is 3.57. The van der Waals surface area contributed by atoms with Gasteiger partial charge in [-0.15, -0.1) is 0 Å². The quantitative estimate of drug-likeness (QED) is 0.750. The predicted octanol–water partition coefficient (Wildman–Crippen LogP) is 3.07. The van der Waals surface area contributed by atoms with Crippen LogP contribution in [0.25, 0.3) is 11.1 Å². The molecule has 2 aromatic rings. The van der Waals surface area contributed by atoms with Crippen LogP contribution in [-0.2, 0) is 4.74 Å². The Bertz CT molecular complexity index is 681. The normalized spacial score (nSPS) is 11.6. The SMILES string of the molecule is CC(C)(C)OC(=O)Nc1c(I)ccc2[nH]c(=O)oc12. The highest BCUT2D eigenvalue weighted by molar-refractivity contribution is 14.1. The molecule has 1 amide bonds. The first-order chi connectivity index (χ1) is 8.76. The van der Waals surface area contributed by atoms with E-state index in [0.717, 1.165) is 3.57 Å². The average Bonchev–Trinajstić information content (AvgIpc) is 2.61. The fourth-order valence-electron chi connectivity index (χ4n) is 1.51. The van der Waals surface area contributed by atoms with Gasteiger partial charge in [0.15, 0.2) is 5.58 Å². The number of H-pyrrole nitrogens is 1. The minimum Gasteiger partial charge on any atom is -0.444 e. The summed E-state index contributed by atoms with van der Waals surface area (Å²) in [7, 11) is 0. The van der Waals surface area contributed by atoms with Crippen molar-refractivity contribution in [3.05, 3.63) is 26.3 Å². The van der Waals surface area contributed by atoms with Gasteiger partial charge in [-0.05, 0) is 55.5 Å². The van der Waals surface area contributed by atoms with Crippen LogP contribution in [0.2, 0.25) is 0 Å². The van der Waals surface area contributed by atoms with Crippen molar-refractivity contribution in [1.82, 2.24) is 4.98 Å². The van der Waals surface area contributed by atoms with Crippen LogP contribution in [-0.4, -0.2) is 16.7 Å². The summed E-state index contributed by atoms with van der Waals surface area (Å²) in [6.07, 6.45) is -0.596. The summed E-state index contributed by atoms with van der Waals surface area (Å²) in [6.45, 7) is 5.32. The molecule has 0 saturated heterocycles. The lowest BCUT2D eigenvalue weighted by atomic mass is 10.2. The van der Waals surface area contributed by atoms with Gasteiger partial charge in [-0.1, -0.05) is 0 Å². The zero-order chi connectivity index (χ0) is 14.2. The third-order valence-electron chi connectivity index (χ3n) is 2.16. The van der Waals surface area contributed by atoms with Crippen LogP contribution in [0, 0.1) is 3.57 Å². The molecule has 0 atom stereocenters. The van der Waals surface area contributed by atoms with Gasteiger partial charge >= 0.3 is 11.8 Å². The van der Waals surface area contributed by atoms with E-state index in [9.17, 15) is 9.59 Å². The molecule has 1 aromatic heterocycles. The molecule has 0 saturated carbocycles. The van der Waals surface area contributed by atoms with Gasteiger partial charge in [0.1, 0.15) is 11.3 Å². The molecule has 7 heteroatoms. The van der Waals surface area contributed by atoms with Gasteiger partial charge in [-0.3, -0.25) is 10.3 Å². The molecule has 0 bridgehead atoms. The number of carbonyl (C=O) groups is 1. The van der Waals surface area contributed by atoms with Crippen molar-refractivity contribution in [2.24, 2.45) is 0 Å². The molecule has 0 aliphatic rings. The molecular weight excluding hydrogens is 363 g/mol. The summed E-state index contributed by atoms with van der Waals surface area (Å²) < 4.78 is 10.9. The lowest BCUT2D eigenvalue weighted by Gasteiger charge is -2.19. The second kappa shape index (κ2) is 4.87. The predicted molar refractivity (Wildman–Crippen MR) is 79.4 cm³/mol. The number of aromatic nitrogens is 1. The van der Waals surface area contributed by atoms with E-state index in [4.69, 9.17) is 9.15 Å². The summed E-state index contributed by atoms with van der Waals surface area (Å²) in [4.78, 5) is 25.5. The monoisotopic (exact) mass is 376 g/mol. The zero-order valence-corrected chi connectivity index (χ0v) is 12.8. The molecule has 0 spiro atoms. The summed E-state index contributed by atoms with van der Waals surface area (Å²) in [5, 5.41) is 2.60. The molecule has 0 aliphatic heterocycles.